The van der Waals surface area contributed by atoms with Gasteiger partial charge in [0.1, 0.15) is 12.1 Å². The van der Waals surface area contributed by atoms with Crippen LogP contribution in [0.15, 0.2) is 29.0 Å². The minimum atomic E-state index is 0. The van der Waals surface area contributed by atoms with Crippen molar-refractivity contribution in [2.75, 3.05) is 32.4 Å². The fourth-order valence-electron chi connectivity index (χ4n) is 3.84. The Hall–Kier alpha value is -2.20. The first kappa shape index (κ1) is 25.4. The first-order chi connectivity index (χ1) is 15.2. The number of benzene rings is 2. The first-order valence-corrected chi connectivity index (χ1v) is 11.1. The van der Waals surface area contributed by atoms with Gasteiger partial charge in [-0.25, -0.2) is 9.97 Å². The van der Waals surface area contributed by atoms with Crippen LogP contribution in [-0.4, -0.2) is 37.0 Å². The summed E-state index contributed by atoms with van der Waals surface area (Å²) in [6, 6.07) is 5.87. The lowest BCUT2D eigenvalue weighted by molar-refractivity contribution is 0.174. The maximum atomic E-state index is 6.04. The Morgan fingerprint density at radius 1 is 1.00 bits per heavy atom. The van der Waals surface area contributed by atoms with E-state index in [0.29, 0.717) is 42.0 Å². The van der Waals surface area contributed by atoms with Gasteiger partial charge in [-0.15, -0.1) is 24.8 Å². The number of methoxy groups -OCH3 is 1. The maximum absolute atomic E-state index is 6.04. The van der Waals surface area contributed by atoms with Gasteiger partial charge in [0.25, 0.3) is 0 Å². The second kappa shape index (κ2) is 11.3. The van der Waals surface area contributed by atoms with E-state index in [1.54, 1.807) is 7.11 Å². The van der Waals surface area contributed by atoms with Gasteiger partial charge in [0.15, 0.2) is 23.0 Å². The Morgan fingerprint density at radius 3 is 2.70 bits per heavy atom. The first-order valence-electron chi connectivity index (χ1n) is 10.3. The van der Waals surface area contributed by atoms with Gasteiger partial charge in [0.05, 0.1) is 29.4 Å². The minimum absolute atomic E-state index is 0. The second-order valence-electron chi connectivity index (χ2n) is 7.41. The molecule has 8 nitrogen and oxygen atoms in total. The number of nitrogens with zero attached hydrogens (tertiary/aromatic N) is 2. The molecule has 1 aromatic heterocycles. The van der Waals surface area contributed by atoms with Gasteiger partial charge in [-0.3, -0.25) is 0 Å². The molecule has 0 radical (unpaired) electrons. The monoisotopic (exact) mass is 558 g/mol. The van der Waals surface area contributed by atoms with E-state index >= 15 is 0 Å². The molecule has 0 saturated carbocycles. The van der Waals surface area contributed by atoms with Gasteiger partial charge in [0, 0.05) is 18.0 Å². The average molecular weight is 560 g/mol. The van der Waals surface area contributed by atoms with Crippen LogP contribution in [-0.2, 0) is 6.54 Å². The number of rotatable bonds is 1. The van der Waals surface area contributed by atoms with Crippen molar-refractivity contribution >= 4 is 63.2 Å². The molecule has 33 heavy (non-hydrogen) atoms. The second-order valence-corrected chi connectivity index (χ2v) is 8.27. The van der Waals surface area contributed by atoms with E-state index in [9.17, 15) is 0 Å². The molecule has 0 amide bonds. The molecule has 11 heteroatoms. The molecule has 2 aromatic carbocycles. The highest BCUT2D eigenvalue weighted by atomic mass is 79.9. The number of anilines is 2. The van der Waals surface area contributed by atoms with Crippen LogP contribution in [0.25, 0.3) is 10.9 Å². The summed E-state index contributed by atoms with van der Waals surface area (Å²) in [4.78, 5) is 8.94. The average Bonchev–Trinajstić information content (AvgIpc) is 3.27. The molecule has 2 N–H and O–H groups in total. The third kappa shape index (κ3) is 5.16. The van der Waals surface area contributed by atoms with Crippen molar-refractivity contribution in [3.63, 3.8) is 0 Å². The molecule has 3 aromatic rings. The molecule has 2 bridgehead atoms. The van der Waals surface area contributed by atoms with Crippen molar-refractivity contribution in [2.45, 2.75) is 25.8 Å². The third-order valence-electron chi connectivity index (χ3n) is 5.41. The van der Waals surface area contributed by atoms with Crippen LogP contribution in [0.2, 0.25) is 0 Å². The molecule has 0 unspecified atom stereocenters. The van der Waals surface area contributed by atoms with Crippen molar-refractivity contribution in [1.82, 2.24) is 15.3 Å². The van der Waals surface area contributed by atoms with E-state index in [1.807, 2.05) is 12.1 Å². The molecular formula is C22H25BrCl2N4O4. The molecule has 5 rings (SSSR count). The molecule has 3 heterocycles. The van der Waals surface area contributed by atoms with Crippen LogP contribution in [0, 0.1) is 0 Å². The van der Waals surface area contributed by atoms with Crippen LogP contribution in [0.3, 0.4) is 0 Å². The third-order valence-corrected chi connectivity index (χ3v) is 6.00. The van der Waals surface area contributed by atoms with Crippen LogP contribution in [0.1, 0.15) is 24.8 Å². The number of hydrogen-bond donors (Lipinski definition) is 2. The summed E-state index contributed by atoms with van der Waals surface area (Å²) in [7, 11) is 1.64. The molecule has 0 fully saturated rings. The normalized spacial score (nSPS) is 15.1. The lowest BCUT2D eigenvalue weighted by Crippen LogP contribution is -2.16. The molecule has 2 aliphatic heterocycles. The molecule has 2 aliphatic rings. The van der Waals surface area contributed by atoms with Crippen LogP contribution >= 0.6 is 40.7 Å². The highest BCUT2D eigenvalue weighted by Gasteiger charge is 2.25. The van der Waals surface area contributed by atoms with Crippen molar-refractivity contribution in [1.29, 1.82) is 0 Å². The standard InChI is InChI=1S/C22H23BrN4O4.2ClH/c1-28-17-9-16-14-8-18(17)29-6-4-2-3-5-24-10-13-7-15(23)20-21(31-12-30-20)19(13)27-22(14)26-11-25-16;;/h7-9,11,24H,2-6,10,12H2,1H3,(H,25,26,27);2*1H. The van der Waals surface area contributed by atoms with Crippen molar-refractivity contribution < 1.29 is 18.9 Å². The van der Waals surface area contributed by atoms with Gasteiger partial charge >= 0.3 is 0 Å². The predicted octanol–water partition coefficient (Wildman–Crippen LogP) is 5.37. The summed E-state index contributed by atoms with van der Waals surface area (Å²) in [6.07, 6.45) is 4.65. The molecule has 0 saturated heterocycles. The van der Waals surface area contributed by atoms with Crippen LogP contribution in [0.4, 0.5) is 11.5 Å². The summed E-state index contributed by atoms with van der Waals surface area (Å²) in [5.41, 5.74) is 2.65. The van der Waals surface area contributed by atoms with E-state index in [-0.39, 0.29) is 31.6 Å². The van der Waals surface area contributed by atoms with E-state index in [4.69, 9.17) is 18.9 Å². The van der Waals surface area contributed by atoms with Crippen LogP contribution in [0.5, 0.6) is 23.0 Å². The maximum Gasteiger partial charge on any atom is 0.231 e. The zero-order valence-corrected chi connectivity index (χ0v) is 21.2. The molecular weight excluding hydrogens is 535 g/mol. The van der Waals surface area contributed by atoms with E-state index < -0.39 is 0 Å². The SMILES string of the molecule is COc1cc2ncnc3c2cc1OCCCCCNCc1cc(Br)c2c(c1N3)OCO2.Cl.Cl. The highest BCUT2D eigenvalue weighted by Crippen LogP contribution is 2.48. The summed E-state index contributed by atoms with van der Waals surface area (Å²) in [5, 5.41) is 7.84. The summed E-state index contributed by atoms with van der Waals surface area (Å²) in [5.74, 6) is 3.36. The predicted molar refractivity (Wildman–Crippen MR) is 135 cm³/mol. The number of aromatic nitrogens is 2. The van der Waals surface area contributed by atoms with E-state index in [2.05, 4.69) is 42.6 Å². The lowest BCUT2D eigenvalue weighted by atomic mass is 10.1. The Bertz CT molecular complexity index is 1140. The number of fused-ring (bicyclic) bond motifs is 4. The Balaban J connectivity index is 0.00000153. The fourth-order valence-corrected chi connectivity index (χ4v) is 4.41. The molecule has 0 atom stereocenters. The van der Waals surface area contributed by atoms with Crippen LogP contribution < -0.4 is 29.6 Å². The topological polar surface area (TPSA) is 86.8 Å². The zero-order chi connectivity index (χ0) is 21.2. The Kier molecular flexibility index (Phi) is 8.69. The van der Waals surface area contributed by atoms with Crippen molar-refractivity contribution in [3.05, 3.63) is 34.6 Å². The van der Waals surface area contributed by atoms with Crippen molar-refractivity contribution in [3.8, 4) is 23.0 Å². The van der Waals surface area contributed by atoms with Gasteiger partial charge in [0.2, 0.25) is 6.79 Å². The smallest absolute Gasteiger partial charge is 0.231 e. The Morgan fingerprint density at radius 2 is 1.85 bits per heavy atom. The number of nitrogens with one attached hydrogen (secondary N) is 2. The fraction of sp³-hybridized carbons (Fsp3) is 0.364. The van der Waals surface area contributed by atoms with Gasteiger partial charge in [-0.2, -0.15) is 0 Å². The zero-order valence-electron chi connectivity index (χ0n) is 18.0. The number of halogens is 3. The number of hydrogen-bond acceptors (Lipinski definition) is 8. The van der Waals surface area contributed by atoms with Gasteiger partial charge < -0.3 is 29.6 Å². The molecule has 0 spiro atoms. The molecule has 178 valence electrons. The Labute approximate surface area is 212 Å². The number of ether oxygens (including phenoxy) is 4. The van der Waals surface area contributed by atoms with Crippen molar-refractivity contribution in [2.24, 2.45) is 0 Å². The lowest BCUT2D eigenvalue weighted by Gasteiger charge is -2.17. The minimum Gasteiger partial charge on any atom is -0.493 e. The van der Waals surface area contributed by atoms with E-state index in [1.165, 1.54) is 6.33 Å². The highest BCUT2D eigenvalue weighted by molar-refractivity contribution is 9.10. The summed E-state index contributed by atoms with van der Waals surface area (Å²) in [6.45, 7) is 2.42. The molecule has 0 aliphatic carbocycles. The summed E-state index contributed by atoms with van der Waals surface area (Å²) >= 11 is 3.61. The quantitative estimate of drug-likeness (QED) is 0.411. The van der Waals surface area contributed by atoms with Gasteiger partial charge in [-0.05, 0) is 59.4 Å². The van der Waals surface area contributed by atoms with Gasteiger partial charge in [-0.1, -0.05) is 0 Å². The van der Waals surface area contributed by atoms with E-state index in [0.717, 1.165) is 52.4 Å². The summed E-state index contributed by atoms with van der Waals surface area (Å²) < 4.78 is 23.9. The largest absolute Gasteiger partial charge is 0.493 e.